The van der Waals surface area contributed by atoms with Crippen LogP contribution < -0.4 is 16.4 Å². The number of carbonyl (C=O) groups is 2. The molecule has 1 rings (SSSR count). The van der Waals surface area contributed by atoms with Crippen LogP contribution in [0.3, 0.4) is 0 Å². The summed E-state index contributed by atoms with van der Waals surface area (Å²) in [7, 11) is 0. The number of hydrogen-bond acceptors (Lipinski definition) is 2. The number of halogens is 3. The Morgan fingerprint density at radius 1 is 1.17 bits per heavy atom. The Kier molecular flexibility index (Phi) is 6.41. The summed E-state index contributed by atoms with van der Waals surface area (Å²) in [5.41, 5.74) is 4.97. The van der Waals surface area contributed by atoms with Crippen molar-refractivity contribution in [2.45, 2.75) is 32.5 Å². The first kappa shape index (κ1) is 18.8. The van der Waals surface area contributed by atoms with Crippen molar-refractivity contribution in [3.63, 3.8) is 0 Å². The van der Waals surface area contributed by atoms with Crippen molar-refractivity contribution in [3.8, 4) is 0 Å². The van der Waals surface area contributed by atoms with Gasteiger partial charge in [-0.2, -0.15) is 13.2 Å². The third-order valence-electron chi connectivity index (χ3n) is 3.24. The number of urea groups is 1. The van der Waals surface area contributed by atoms with Crippen LogP contribution in [0.25, 0.3) is 0 Å². The van der Waals surface area contributed by atoms with Gasteiger partial charge in [0.15, 0.2) is 0 Å². The van der Waals surface area contributed by atoms with E-state index in [4.69, 9.17) is 5.73 Å². The smallest absolute Gasteiger partial charge is 0.354 e. The molecule has 8 heteroatoms. The van der Waals surface area contributed by atoms with Crippen molar-refractivity contribution in [2.75, 3.05) is 6.54 Å². The topological polar surface area (TPSA) is 84.2 Å². The second-order valence-electron chi connectivity index (χ2n) is 5.47. The van der Waals surface area contributed by atoms with Crippen molar-refractivity contribution in [1.82, 2.24) is 10.6 Å². The Hall–Kier alpha value is -2.25. The van der Waals surface area contributed by atoms with Gasteiger partial charge in [-0.3, -0.25) is 4.79 Å². The van der Waals surface area contributed by atoms with E-state index in [0.29, 0.717) is 12.0 Å². The lowest BCUT2D eigenvalue weighted by molar-refractivity contribution is -0.137. The van der Waals surface area contributed by atoms with Gasteiger partial charge in [-0.05, 0) is 30.0 Å². The van der Waals surface area contributed by atoms with Gasteiger partial charge in [0.1, 0.15) is 6.04 Å². The van der Waals surface area contributed by atoms with Crippen LogP contribution in [0.15, 0.2) is 24.3 Å². The van der Waals surface area contributed by atoms with E-state index in [1.54, 1.807) is 13.8 Å². The zero-order chi connectivity index (χ0) is 17.6. The molecule has 23 heavy (non-hydrogen) atoms. The monoisotopic (exact) mass is 331 g/mol. The predicted octanol–water partition coefficient (Wildman–Crippen LogP) is 2.06. The highest BCUT2D eigenvalue weighted by Gasteiger charge is 2.29. The summed E-state index contributed by atoms with van der Waals surface area (Å²) in [5.74, 6) is -0.528. The van der Waals surface area contributed by atoms with Crippen molar-refractivity contribution in [2.24, 2.45) is 11.7 Å². The maximum atomic E-state index is 12.4. The van der Waals surface area contributed by atoms with E-state index < -0.39 is 23.8 Å². The van der Waals surface area contributed by atoms with Crippen molar-refractivity contribution < 1.29 is 22.8 Å². The van der Waals surface area contributed by atoms with Gasteiger partial charge in [-0.15, -0.1) is 0 Å². The fourth-order valence-electron chi connectivity index (χ4n) is 1.99. The van der Waals surface area contributed by atoms with Crippen LogP contribution in [0, 0.1) is 5.92 Å². The van der Waals surface area contributed by atoms with Gasteiger partial charge in [-0.1, -0.05) is 26.0 Å². The average Bonchev–Trinajstić information content (AvgIpc) is 2.43. The molecule has 0 aliphatic rings. The van der Waals surface area contributed by atoms with E-state index in [9.17, 15) is 22.8 Å². The van der Waals surface area contributed by atoms with Gasteiger partial charge in [-0.25, -0.2) is 4.79 Å². The largest absolute Gasteiger partial charge is 0.416 e. The van der Waals surface area contributed by atoms with Crippen LogP contribution in [0.2, 0.25) is 0 Å². The number of hydrogen-bond donors (Lipinski definition) is 3. The van der Waals surface area contributed by atoms with Gasteiger partial charge in [0, 0.05) is 6.54 Å². The minimum absolute atomic E-state index is 0.145. The van der Waals surface area contributed by atoms with E-state index in [1.165, 1.54) is 12.1 Å². The number of benzene rings is 1. The summed E-state index contributed by atoms with van der Waals surface area (Å²) in [5, 5.41) is 4.98. The highest BCUT2D eigenvalue weighted by molar-refractivity contribution is 5.86. The van der Waals surface area contributed by atoms with Crippen LogP contribution in [0.4, 0.5) is 18.0 Å². The Bertz CT molecular complexity index is 542. The molecular formula is C15H20F3N3O2. The number of nitrogens with one attached hydrogen (secondary N) is 2. The molecule has 0 radical (unpaired) electrons. The van der Waals surface area contributed by atoms with Crippen molar-refractivity contribution in [3.05, 3.63) is 35.4 Å². The lowest BCUT2D eigenvalue weighted by Gasteiger charge is -2.20. The molecule has 0 saturated heterocycles. The molecule has 0 saturated carbocycles. The number of alkyl halides is 3. The first-order valence-corrected chi connectivity index (χ1v) is 7.11. The minimum Gasteiger partial charge on any atom is -0.354 e. The van der Waals surface area contributed by atoms with Crippen molar-refractivity contribution >= 4 is 11.9 Å². The molecule has 0 unspecified atom stereocenters. The molecular weight excluding hydrogens is 311 g/mol. The normalized spacial score (nSPS) is 12.8. The van der Waals surface area contributed by atoms with Crippen LogP contribution >= 0.6 is 0 Å². The maximum absolute atomic E-state index is 12.4. The molecule has 0 heterocycles. The van der Waals surface area contributed by atoms with E-state index in [1.807, 2.05) is 0 Å². The van der Waals surface area contributed by atoms with E-state index >= 15 is 0 Å². The average molecular weight is 331 g/mol. The van der Waals surface area contributed by atoms with Crippen LogP contribution in [0.5, 0.6) is 0 Å². The maximum Gasteiger partial charge on any atom is 0.416 e. The van der Waals surface area contributed by atoms with E-state index in [-0.39, 0.29) is 18.4 Å². The fraction of sp³-hybridized carbons (Fsp3) is 0.467. The molecule has 0 bridgehead atoms. The molecule has 0 spiro atoms. The summed E-state index contributed by atoms with van der Waals surface area (Å²) in [6.07, 6.45) is -3.98. The molecule has 0 aliphatic carbocycles. The third-order valence-corrected chi connectivity index (χ3v) is 3.24. The summed E-state index contributed by atoms with van der Waals surface area (Å²) < 4.78 is 37.3. The summed E-state index contributed by atoms with van der Waals surface area (Å²) in [4.78, 5) is 22.8. The molecule has 128 valence electrons. The lowest BCUT2D eigenvalue weighted by Crippen LogP contribution is -2.51. The first-order valence-electron chi connectivity index (χ1n) is 7.11. The van der Waals surface area contributed by atoms with Crippen LogP contribution in [-0.4, -0.2) is 24.5 Å². The number of amides is 3. The van der Waals surface area contributed by atoms with Crippen LogP contribution in [0.1, 0.15) is 25.0 Å². The molecule has 5 nitrogen and oxygen atoms in total. The molecule has 1 atom stereocenters. The van der Waals surface area contributed by atoms with Gasteiger partial charge < -0.3 is 16.4 Å². The predicted molar refractivity (Wildman–Crippen MR) is 79.5 cm³/mol. The number of rotatable bonds is 6. The quantitative estimate of drug-likeness (QED) is 0.745. The highest BCUT2D eigenvalue weighted by Crippen LogP contribution is 2.29. The number of primary amides is 1. The highest BCUT2D eigenvalue weighted by atomic mass is 19.4. The molecule has 3 amide bonds. The van der Waals surface area contributed by atoms with E-state index in [2.05, 4.69) is 10.6 Å². The fourth-order valence-corrected chi connectivity index (χ4v) is 1.99. The zero-order valence-electron chi connectivity index (χ0n) is 12.9. The molecule has 1 aromatic rings. The summed E-state index contributed by atoms with van der Waals surface area (Å²) >= 11 is 0. The molecule has 4 N–H and O–H groups in total. The molecule has 1 aromatic carbocycles. The Morgan fingerprint density at radius 3 is 2.17 bits per heavy atom. The van der Waals surface area contributed by atoms with Crippen LogP contribution in [-0.2, 0) is 17.4 Å². The first-order chi connectivity index (χ1) is 10.6. The standard InChI is InChI=1S/C15H20F3N3O2/c1-9(2)12(21-14(19)23)13(22)20-8-7-10-3-5-11(6-4-10)15(16,17)18/h3-6,9,12H,7-8H2,1-2H3,(H,20,22)(H3,19,21,23)/t12-/m1/s1. The van der Waals surface area contributed by atoms with Gasteiger partial charge in [0.2, 0.25) is 5.91 Å². The van der Waals surface area contributed by atoms with Crippen molar-refractivity contribution in [1.29, 1.82) is 0 Å². The van der Waals surface area contributed by atoms with Gasteiger partial charge in [0.05, 0.1) is 5.56 Å². The number of carbonyl (C=O) groups excluding carboxylic acids is 2. The molecule has 0 fully saturated rings. The number of nitrogens with two attached hydrogens (primary N) is 1. The summed E-state index contributed by atoms with van der Waals surface area (Å²) in [6, 6.07) is 3.21. The molecule has 0 aromatic heterocycles. The second-order valence-corrected chi connectivity index (χ2v) is 5.47. The van der Waals surface area contributed by atoms with E-state index in [0.717, 1.165) is 12.1 Å². The Labute approximate surface area is 132 Å². The van der Waals surface area contributed by atoms with Gasteiger partial charge in [0.25, 0.3) is 0 Å². The third kappa shape index (κ3) is 6.17. The Morgan fingerprint density at radius 2 is 1.74 bits per heavy atom. The zero-order valence-corrected chi connectivity index (χ0v) is 12.9. The Balaban J connectivity index is 2.52. The van der Waals surface area contributed by atoms with Gasteiger partial charge >= 0.3 is 12.2 Å². The molecule has 0 aliphatic heterocycles. The SMILES string of the molecule is CC(C)[C@@H](NC(N)=O)C(=O)NCCc1ccc(C(F)(F)F)cc1. The minimum atomic E-state index is -4.36. The summed E-state index contributed by atoms with van der Waals surface area (Å²) in [6.45, 7) is 3.76. The second kappa shape index (κ2) is 7.85. The lowest BCUT2D eigenvalue weighted by atomic mass is 10.0.